The summed E-state index contributed by atoms with van der Waals surface area (Å²) in [7, 11) is 3.49. The van der Waals surface area contributed by atoms with Gasteiger partial charge in [0.15, 0.2) is 5.96 Å². The maximum absolute atomic E-state index is 8.84. The van der Waals surface area contributed by atoms with Crippen molar-refractivity contribution in [3.05, 3.63) is 35.4 Å². The van der Waals surface area contributed by atoms with Crippen molar-refractivity contribution in [1.29, 1.82) is 5.26 Å². The molecule has 138 valence electrons. The lowest BCUT2D eigenvalue weighted by Crippen LogP contribution is -2.39. The summed E-state index contributed by atoms with van der Waals surface area (Å²) in [6.07, 6.45) is 1.12. The van der Waals surface area contributed by atoms with Gasteiger partial charge in [0.2, 0.25) is 0 Å². The van der Waals surface area contributed by atoms with E-state index in [1.807, 2.05) is 31.3 Å². The Morgan fingerprint density at radius 1 is 1.36 bits per heavy atom. The zero-order valence-corrected chi connectivity index (χ0v) is 17.2. The molecule has 25 heavy (non-hydrogen) atoms. The Hall–Kier alpha value is -1.37. The zero-order chi connectivity index (χ0) is 17.2. The van der Waals surface area contributed by atoms with Gasteiger partial charge in [0.1, 0.15) is 0 Å². The molecule has 1 saturated heterocycles. The second-order valence-corrected chi connectivity index (χ2v) is 5.88. The molecule has 2 rings (SSSR count). The summed E-state index contributed by atoms with van der Waals surface area (Å²) in [4.78, 5) is 6.65. The Bertz CT molecular complexity index is 571. The largest absolute Gasteiger partial charge is 0.382 e. The number of aliphatic imine (C=N–C) groups is 1. The van der Waals surface area contributed by atoms with Gasteiger partial charge in [0.05, 0.1) is 31.5 Å². The highest BCUT2D eigenvalue weighted by Crippen LogP contribution is 2.16. The van der Waals surface area contributed by atoms with Gasteiger partial charge >= 0.3 is 0 Å². The number of hydrogen-bond acceptors (Lipinski definition) is 4. The second-order valence-electron chi connectivity index (χ2n) is 5.88. The molecule has 0 spiro atoms. The van der Waals surface area contributed by atoms with Crippen LogP contribution in [0.4, 0.5) is 0 Å². The van der Waals surface area contributed by atoms with Crippen molar-refractivity contribution in [2.75, 3.05) is 47.1 Å². The molecule has 1 unspecified atom stereocenters. The molecule has 1 N–H and O–H groups in total. The van der Waals surface area contributed by atoms with Crippen molar-refractivity contribution in [2.24, 2.45) is 10.9 Å². The van der Waals surface area contributed by atoms with E-state index < -0.39 is 0 Å². The Labute approximate surface area is 167 Å². The van der Waals surface area contributed by atoms with Crippen LogP contribution in [0.1, 0.15) is 17.5 Å². The van der Waals surface area contributed by atoms with Crippen LogP contribution in [0.25, 0.3) is 0 Å². The van der Waals surface area contributed by atoms with Gasteiger partial charge in [0, 0.05) is 39.7 Å². The minimum Gasteiger partial charge on any atom is -0.382 e. The van der Waals surface area contributed by atoms with E-state index in [0.29, 0.717) is 31.2 Å². The molecule has 1 fully saturated rings. The summed E-state index contributed by atoms with van der Waals surface area (Å²) in [6.45, 7) is 4.71. The average molecular weight is 458 g/mol. The maximum atomic E-state index is 8.84. The summed E-state index contributed by atoms with van der Waals surface area (Å²) in [5.41, 5.74) is 1.81. The quantitative estimate of drug-likeness (QED) is 0.294. The molecule has 1 aromatic rings. The van der Waals surface area contributed by atoms with Crippen LogP contribution < -0.4 is 5.32 Å². The molecule has 0 aliphatic carbocycles. The molecule has 0 aromatic heterocycles. The first-order valence-electron chi connectivity index (χ1n) is 8.28. The lowest BCUT2D eigenvalue weighted by Gasteiger charge is -2.21. The van der Waals surface area contributed by atoms with Crippen LogP contribution in [0.3, 0.4) is 0 Å². The van der Waals surface area contributed by atoms with E-state index in [9.17, 15) is 0 Å². The third-order valence-electron chi connectivity index (χ3n) is 4.12. The van der Waals surface area contributed by atoms with E-state index in [4.69, 9.17) is 14.7 Å². The molecule has 6 nitrogen and oxygen atoms in total. The lowest BCUT2D eigenvalue weighted by molar-refractivity contribution is 0.0536. The highest BCUT2D eigenvalue weighted by Gasteiger charge is 2.24. The minimum atomic E-state index is 0. The number of likely N-dealkylation sites (tertiary alicyclic amines) is 1. The van der Waals surface area contributed by atoms with E-state index in [1.165, 1.54) is 0 Å². The van der Waals surface area contributed by atoms with Gasteiger partial charge < -0.3 is 19.7 Å². The predicted octanol–water partition coefficient (Wildman–Crippen LogP) is 2.24. The molecule has 0 amide bonds. The van der Waals surface area contributed by atoms with Crippen LogP contribution in [-0.2, 0) is 16.0 Å². The summed E-state index contributed by atoms with van der Waals surface area (Å²) < 4.78 is 10.6. The lowest BCUT2D eigenvalue weighted by atomic mass is 10.1. The van der Waals surface area contributed by atoms with Crippen LogP contribution in [0.15, 0.2) is 29.3 Å². The Morgan fingerprint density at radius 3 is 2.76 bits per heavy atom. The van der Waals surface area contributed by atoms with E-state index in [0.717, 1.165) is 37.6 Å². The number of benzene rings is 1. The van der Waals surface area contributed by atoms with E-state index in [-0.39, 0.29) is 24.0 Å². The fourth-order valence-electron chi connectivity index (χ4n) is 2.76. The predicted molar refractivity (Wildman–Crippen MR) is 109 cm³/mol. The number of guanidine groups is 1. The van der Waals surface area contributed by atoms with E-state index in [2.05, 4.69) is 21.3 Å². The Kier molecular flexibility index (Phi) is 10.5. The molecule has 1 aliphatic rings. The molecule has 1 atom stereocenters. The standard InChI is InChI=1S/C18H26N4O2.HI/c1-20-18(21-12-16-5-3-15(11-19)4-6-16)22-8-7-17(13-22)14-24-10-9-23-2;/h3-6,17H,7-10,12-14H2,1-2H3,(H,20,21);1H. The van der Waals surface area contributed by atoms with Crippen molar-refractivity contribution in [1.82, 2.24) is 10.2 Å². The number of nitrogens with zero attached hydrogens (tertiary/aromatic N) is 3. The molecule has 1 aliphatic heterocycles. The van der Waals surface area contributed by atoms with Crippen molar-refractivity contribution in [3.63, 3.8) is 0 Å². The third-order valence-corrected chi connectivity index (χ3v) is 4.12. The van der Waals surface area contributed by atoms with Gasteiger partial charge in [-0.2, -0.15) is 5.26 Å². The second kappa shape index (κ2) is 12.1. The Balaban J connectivity index is 0.00000312. The van der Waals surface area contributed by atoms with Crippen LogP contribution in [0.2, 0.25) is 0 Å². The van der Waals surface area contributed by atoms with Crippen LogP contribution in [0.5, 0.6) is 0 Å². The normalized spacial score (nSPS) is 17.1. The van der Waals surface area contributed by atoms with Crippen molar-refractivity contribution >= 4 is 29.9 Å². The number of nitriles is 1. The zero-order valence-electron chi connectivity index (χ0n) is 14.9. The first-order chi connectivity index (χ1) is 11.8. The molecular formula is C18H27IN4O2. The molecule has 0 bridgehead atoms. The van der Waals surface area contributed by atoms with Gasteiger partial charge in [-0.25, -0.2) is 0 Å². The first-order valence-corrected chi connectivity index (χ1v) is 8.28. The van der Waals surface area contributed by atoms with Gasteiger partial charge in [-0.1, -0.05) is 12.1 Å². The van der Waals surface area contributed by atoms with Crippen LogP contribution in [0, 0.1) is 17.2 Å². The first kappa shape index (κ1) is 21.7. The van der Waals surface area contributed by atoms with Crippen LogP contribution >= 0.6 is 24.0 Å². The molecular weight excluding hydrogens is 431 g/mol. The van der Waals surface area contributed by atoms with Crippen molar-refractivity contribution in [3.8, 4) is 6.07 Å². The summed E-state index contributed by atoms with van der Waals surface area (Å²) in [6, 6.07) is 9.74. The topological polar surface area (TPSA) is 69.9 Å². The summed E-state index contributed by atoms with van der Waals surface area (Å²) in [5, 5.41) is 12.2. The number of nitrogens with one attached hydrogen (secondary N) is 1. The van der Waals surface area contributed by atoms with Crippen molar-refractivity contribution in [2.45, 2.75) is 13.0 Å². The fraction of sp³-hybridized carbons (Fsp3) is 0.556. The molecule has 0 radical (unpaired) electrons. The van der Waals surface area contributed by atoms with Crippen LogP contribution in [-0.4, -0.2) is 57.9 Å². The maximum Gasteiger partial charge on any atom is 0.193 e. The number of rotatable bonds is 7. The number of halogens is 1. The van der Waals surface area contributed by atoms with Gasteiger partial charge in [-0.05, 0) is 24.1 Å². The number of methoxy groups -OCH3 is 1. The minimum absolute atomic E-state index is 0. The van der Waals surface area contributed by atoms with Crippen molar-refractivity contribution < 1.29 is 9.47 Å². The van der Waals surface area contributed by atoms with Gasteiger partial charge in [-0.3, -0.25) is 4.99 Å². The number of hydrogen-bond donors (Lipinski definition) is 1. The van der Waals surface area contributed by atoms with Gasteiger partial charge in [0.25, 0.3) is 0 Å². The van der Waals surface area contributed by atoms with E-state index >= 15 is 0 Å². The smallest absolute Gasteiger partial charge is 0.193 e. The molecule has 1 aromatic carbocycles. The molecule has 1 heterocycles. The molecule has 0 saturated carbocycles. The van der Waals surface area contributed by atoms with E-state index in [1.54, 1.807) is 7.11 Å². The Morgan fingerprint density at radius 2 is 2.12 bits per heavy atom. The summed E-state index contributed by atoms with van der Waals surface area (Å²) in [5.74, 6) is 1.45. The fourth-order valence-corrected chi connectivity index (χ4v) is 2.76. The monoisotopic (exact) mass is 458 g/mol. The summed E-state index contributed by atoms with van der Waals surface area (Å²) >= 11 is 0. The third kappa shape index (κ3) is 7.18. The average Bonchev–Trinajstić information content (AvgIpc) is 3.08. The van der Waals surface area contributed by atoms with Gasteiger partial charge in [-0.15, -0.1) is 24.0 Å². The highest BCUT2D eigenvalue weighted by atomic mass is 127. The SMILES string of the molecule is CN=C(NCc1ccc(C#N)cc1)N1CCC(COCCOC)C1.I. The highest BCUT2D eigenvalue weighted by molar-refractivity contribution is 14.0. The molecule has 7 heteroatoms. The number of ether oxygens (including phenoxy) is 2.